The van der Waals surface area contributed by atoms with Crippen molar-refractivity contribution in [3.63, 3.8) is 0 Å². The number of pyridine rings is 1. The van der Waals surface area contributed by atoms with E-state index in [0.29, 0.717) is 10.5 Å². The average Bonchev–Trinajstić information content (AvgIpc) is 2.44. The van der Waals surface area contributed by atoms with Gasteiger partial charge in [0.25, 0.3) is 0 Å². The highest BCUT2D eigenvalue weighted by Crippen LogP contribution is 2.27. The van der Waals surface area contributed by atoms with Crippen molar-refractivity contribution in [2.45, 2.75) is 20.3 Å². The van der Waals surface area contributed by atoms with Gasteiger partial charge in [0.2, 0.25) is 0 Å². The predicted octanol–water partition coefficient (Wildman–Crippen LogP) is 3.00. The second-order valence-electron chi connectivity index (χ2n) is 4.03. The number of fused-ring (bicyclic) bond motifs is 1. The summed E-state index contributed by atoms with van der Waals surface area (Å²) in [5, 5.41) is 9.71. The van der Waals surface area contributed by atoms with Gasteiger partial charge in [0, 0.05) is 12.6 Å². The molecule has 0 aromatic carbocycles. The van der Waals surface area contributed by atoms with E-state index in [9.17, 15) is 5.11 Å². The van der Waals surface area contributed by atoms with Crippen molar-refractivity contribution in [1.82, 2.24) is 9.38 Å². The predicted molar refractivity (Wildman–Crippen MR) is 63.1 cm³/mol. The van der Waals surface area contributed by atoms with Crippen molar-refractivity contribution in [3.8, 4) is 5.75 Å². The van der Waals surface area contributed by atoms with E-state index < -0.39 is 0 Å². The summed E-state index contributed by atoms with van der Waals surface area (Å²) in [6.45, 7) is 4.30. The van der Waals surface area contributed by atoms with Crippen LogP contribution < -0.4 is 0 Å². The topological polar surface area (TPSA) is 37.5 Å². The lowest BCUT2D eigenvalue weighted by molar-refractivity contribution is 0.478. The van der Waals surface area contributed by atoms with E-state index in [-0.39, 0.29) is 5.75 Å². The number of nitrogens with zero attached hydrogens (tertiary/aromatic N) is 2. The van der Waals surface area contributed by atoms with Crippen LogP contribution in [0.5, 0.6) is 5.75 Å². The quantitative estimate of drug-likeness (QED) is 0.910. The Balaban J connectivity index is 2.63. The van der Waals surface area contributed by atoms with Gasteiger partial charge in [-0.2, -0.15) is 0 Å². The molecule has 2 heterocycles. The van der Waals surface area contributed by atoms with Crippen LogP contribution in [-0.2, 0) is 6.42 Å². The minimum Gasteiger partial charge on any atom is -0.506 e. The molecule has 0 fully saturated rings. The SMILES string of the molecule is CC(C)Cc1nc(Br)c2c(O)cccn12. The molecule has 3 nitrogen and oxygen atoms in total. The third-order valence-electron chi connectivity index (χ3n) is 2.26. The highest BCUT2D eigenvalue weighted by molar-refractivity contribution is 9.10. The highest BCUT2D eigenvalue weighted by Gasteiger charge is 2.12. The van der Waals surface area contributed by atoms with Crippen molar-refractivity contribution in [3.05, 3.63) is 28.8 Å². The summed E-state index contributed by atoms with van der Waals surface area (Å²) in [4.78, 5) is 4.41. The minimum absolute atomic E-state index is 0.256. The Morgan fingerprint density at radius 3 is 2.93 bits per heavy atom. The van der Waals surface area contributed by atoms with Crippen LogP contribution in [0.1, 0.15) is 19.7 Å². The molecule has 0 aliphatic rings. The zero-order valence-corrected chi connectivity index (χ0v) is 10.3. The number of hydrogen-bond donors (Lipinski definition) is 1. The molecule has 0 saturated carbocycles. The Morgan fingerprint density at radius 2 is 2.27 bits per heavy atom. The van der Waals surface area contributed by atoms with Crippen LogP contribution in [-0.4, -0.2) is 14.5 Å². The molecule has 15 heavy (non-hydrogen) atoms. The highest BCUT2D eigenvalue weighted by atomic mass is 79.9. The van der Waals surface area contributed by atoms with E-state index in [1.807, 2.05) is 16.7 Å². The van der Waals surface area contributed by atoms with Gasteiger partial charge in [0.1, 0.15) is 21.7 Å². The fraction of sp³-hybridized carbons (Fsp3) is 0.364. The van der Waals surface area contributed by atoms with Crippen LogP contribution >= 0.6 is 15.9 Å². The van der Waals surface area contributed by atoms with Gasteiger partial charge in [-0.15, -0.1) is 0 Å². The molecular formula is C11H13BrN2O. The maximum Gasteiger partial charge on any atom is 0.142 e. The van der Waals surface area contributed by atoms with E-state index in [1.54, 1.807) is 6.07 Å². The summed E-state index contributed by atoms with van der Waals surface area (Å²) < 4.78 is 2.63. The van der Waals surface area contributed by atoms with Crippen molar-refractivity contribution in [1.29, 1.82) is 0 Å². The Morgan fingerprint density at radius 1 is 1.53 bits per heavy atom. The molecule has 0 aliphatic heterocycles. The number of imidazole rings is 1. The molecule has 80 valence electrons. The Kier molecular flexibility index (Phi) is 2.69. The molecule has 1 N–H and O–H groups in total. The summed E-state index contributed by atoms with van der Waals surface area (Å²) in [5.41, 5.74) is 0.744. The van der Waals surface area contributed by atoms with Gasteiger partial charge >= 0.3 is 0 Å². The van der Waals surface area contributed by atoms with E-state index >= 15 is 0 Å². The molecule has 0 radical (unpaired) electrons. The van der Waals surface area contributed by atoms with Gasteiger partial charge in [-0.25, -0.2) is 4.98 Å². The summed E-state index contributed by atoms with van der Waals surface area (Å²) >= 11 is 3.37. The van der Waals surface area contributed by atoms with Crippen molar-refractivity contribution < 1.29 is 5.11 Å². The Labute approximate surface area is 96.9 Å². The standard InChI is InChI=1S/C11H13BrN2O/c1-7(2)6-9-13-11(12)10-8(15)4-3-5-14(9)10/h3-5,7,15H,6H2,1-2H3. The van der Waals surface area contributed by atoms with Gasteiger partial charge in [-0.1, -0.05) is 13.8 Å². The summed E-state index contributed by atoms with van der Waals surface area (Å²) in [7, 11) is 0. The van der Waals surface area contributed by atoms with Gasteiger partial charge in [-0.05, 0) is 34.0 Å². The van der Waals surface area contributed by atoms with Crippen LogP contribution in [0.3, 0.4) is 0 Å². The number of rotatable bonds is 2. The van der Waals surface area contributed by atoms with Crippen LogP contribution in [0.4, 0.5) is 0 Å². The monoisotopic (exact) mass is 268 g/mol. The lowest BCUT2D eigenvalue weighted by atomic mass is 10.1. The van der Waals surface area contributed by atoms with E-state index in [0.717, 1.165) is 17.8 Å². The van der Waals surface area contributed by atoms with Crippen molar-refractivity contribution in [2.75, 3.05) is 0 Å². The fourth-order valence-electron chi connectivity index (χ4n) is 1.65. The van der Waals surface area contributed by atoms with Gasteiger partial charge in [-0.3, -0.25) is 4.40 Å². The van der Waals surface area contributed by atoms with Gasteiger partial charge in [0.05, 0.1) is 0 Å². The number of aromatic nitrogens is 2. The lowest BCUT2D eigenvalue weighted by Gasteiger charge is -2.03. The van der Waals surface area contributed by atoms with Gasteiger partial charge < -0.3 is 5.11 Å². The Hall–Kier alpha value is -1.03. The molecule has 0 spiro atoms. The van der Waals surface area contributed by atoms with Crippen LogP contribution in [0.15, 0.2) is 22.9 Å². The van der Waals surface area contributed by atoms with Crippen LogP contribution in [0.2, 0.25) is 0 Å². The van der Waals surface area contributed by atoms with Gasteiger partial charge in [0.15, 0.2) is 0 Å². The molecular weight excluding hydrogens is 256 g/mol. The van der Waals surface area contributed by atoms with Crippen molar-refractivity contribution >= 4 is 21.4 Å². The summed E-state index contributed by atoms with van der Waals surface area (Å²) in [5.74, 6) is 1.78. The second kappa shape index (κ2) is 3.85. The van der Waals surface area contributed by atoms with E-state index in [1.165, 1.54) is 0 Å². The average molecular weight is 269 g/mol. The molecule has 0 atom stereocenters. The Bertz CT molecular complexity index is 491. The van der Waals surface area contributed by atoms with Crippen LogP contribution in [0.25, 0.3) is 5.52 Å². The smallest absolute Gasteiger partial charge is 0.142 e. The maximum atomic E-state index is 9.71. The molecule has 0 bridgehead atoms. The first kappa shape index (κ1) is 10.5. The zero-order valence-electron chi connectivity index (χ0n) is 8.74. The third-order valence-corrected chi connectivity index (χ3v) is 2.82. The number of hydrogen-bond acceptors (Lipinski definition) is 2. The van der Waals surface area contributed by atoms with Crippen molar-refractivity contribution in [2.24, 2.45) is 5.92 Å². The first-order valence-corrected chi connectivity index (χ1v) is 5.73. The first-order chi connectivity index (χ1) is 7.09. The molecule has 0 amide bonds. The zero-order chi connectivity index (χ0) is 11.0. The molecule has 0 unspecified atom stereocenters. The van der Waals surface area contributed by atoms with E-state index in [4.69, 9.17) is 0 Å². The first-order valence-electron chi connectivity index (χ1n) is 4.94. The largest absolute Gasteiger partial charge is 0.506 e. The number of halogens is 1. The molecule has 2 aromatic rings. The second-order valence-corrected chi connectivity index (χ2v) is 4.78. The molecule has 0 saturated heterocycles. The third kappa shape index (κ3) is 1.86. The maximum absolute atomic E-state index is 9.71. The normalized spacial score (nSPS) is 11.5. The summed E-state index contributed by atoms with van der Waals surface area (Å²) in [6.07, 6.45) is 2.82. The molecule has 0 aliphatic carbocycles. The number of aromatic hydroxyl groups is 1. The van der Waals surface area contributed by atoms with E-state index in [2.05, 4.69) is 34.8 Å². The molecule has 4 heteroatoms. The van der Waals surface area contributed by atoms with Crippen LogP contribution in [0, 0.1) is 5.92 Å². The summed E-state index contributed by atoms with van der Waals surface area (Å²) in [6, 6.07) is 3.49. The minimum atomic E-state index is 0.256. The fourth-order valence-corrected chi connectivity index (χ4v) is 2.25. The molecule has 2 rings (SSSR count). The lowest BCUT2D eigenvalue weighted by Crippen LogP contribution is -1.99. The molecule has 2 aromatic heterocycles.